The maximum atomic E-state index is 5.60. The Hall–Kier alpha value is -1.50. The van der Waals surface area contributed by atoms with Crippen LogP contribution in [0.4, 0.5) is 5.95 Å². The summed E-state index contributed by atoms with van der Waals surface area (Å²) in [6.45, 7) is 3.02. The number of aromatic nitrogens is 5. The molecule has 6 nitrogen and oxygen atoms in total. The Balaban J connectivity index is 2.05. The van der Waals surface area contributed by atoms with E-state index in [9.17, 15) is 0 Å². The van der Waals surface area contributed by atoms with E-state index in [4.69, 9.17) is 5.73 Å². The molecule has 7 heteroatoms. The molecule has 0 saturated carbocycles. The summed E-state index contributed by atoms with van der Waals surface area (Å²) in [7, 11) is 1.85. The molecule has 0 radical (unpaired) electrons. The molecule has 0 aromatic carbocycles. The van der Waals surface area contributed by atoms with Crippen molar-refractivity contribution in [2.24, 2.45) is 7.05 Å². The first-order valence-corrected chi connectivity index (χ1v) is 5.98. The summed E-state index contributed by atoms with van der Waals surface area (Å²) in [5, 5.41) is 8.59. The molecule has 2 rings (SSSR count). The Morgan fingerprint density at radius 3 is 2.88 bits per heavy atom. The standard InChI is InChI=1S/C9H14N6S/c1-3-15-5-4-11-7(15)6-16-9-13-12-8(10)14(9)2/h4-5H,3,6H2,1-2H3,(H2,10,12). The molecule has 0 unspecified atom stereocenters. The van der Waals surface area contributed by atoms with Crippen LogP contribution in [0.25, 0.3) is 0 Å². The number of thioether (sulfide) groups is 1. The molecule has 2 heterocycles. The number of nitrogens with zero attached hydrogens (tertiary/aromatic N) is 5. The van der Waals surface area contributed by atoms with Gasteiger partial charge in [-0.15, -0.1) is 10.2 Å². The molecular formula is C9H14N6S. The van der Waals surface area contributed by atoms with Crippen LogP contribution in [-0.2, 0) is 19.3 Å². The normalized spacial score (nSPS) is 10.9. The lowest BCUT2D eigenvalue weighted by atomic mass is 10.6. The highest BCUT2D eigenvalue weighted by Gasteiger charge is 2.08. The van der Waals surface area contributed by atoms with Crippen LogP contribution in [0.2, 0.25) is 0 Å². The van der Waals surface area contributed by atoms with Gasteiger partial charge in [0.25, 0.3) is 0 Å². The zero-order valence-electron chi connectivity index (χ0n) is 9.29. The van der Waals surface area contributed by atoms with Gasteiger partial charge in [0.15, 0.2) is 5.16 Å². The van der Waals surface area contributed by atoms with Crippen LogP contribution in [0.3, 0.4) is 0 Å². The molecule has 0 amide bonds. The monoisotopic (exact) mass is 238 g/mol. The zero-order chi connectivity index (χ0) is 11.5. The molecule has 0 aliphatic rings. The van der Waals surface area contributed by atoms with Crippen molar-refractivity contribution in [1.29, 1.82) is 0 Å². The highest BCUT2D eigenvalue weighted by molar-refractivity contribution is 7.98. The number of imidazole rings is 1. The summed E-state index contributed by atoms with van der Waals surface area (Å²) in [6, 6.07) is 0. The molecule has 2 aromatic rings. The number of nitrogens with two attached hydrogens (primary N) is 1. The molecule has 0 spiro atoms. The maximum Gasteiger partial charge on any atom is 0.222 e. The highest BCUT2D eigenvalue weighted by atomic mass is 32.2. The summed E-state index contributed by atoms with van der Waals surface area (Å²) in [5.41, 5.74) is 5.60. The minimum Gasteiger partial charge on any atom is -0.368 e. The average Bonchev–Trinajstić information content (AvgIpc) is 2.86. The topological polar surface area (TPSA) is 74.6 Å². The first-order chi connectivity index (χ1) is 7.72. The van der Waals surface area contributed by atoms with E-state index in [0.717, 1.165) is 23.3 Å². The number of rotatable bonds is 4. The predicted molar refractivity (Wildman–Crippen MR) is 62.9 cm³/mol. The fraction of sp³-hybridized carbons (Fsp3) is 0.444. The van der Waals surface area contributed by atoms with Gasteiger partial charge in [-0.25, -0.2) is 4.98 Å². The van der Waals surface area contributed by atoms with Gasteiger partial charge in [-0.1, -0.05) is 11.8 Å². The molecule has 0 aliphatic heterocycles. The van der Waals surface area contributed by atoms with Gasteiger partial charge >= 0.3 is 0 Å². The van der Waals surface area contributed by atoms with Crippen molar-refractivity contribution in [3.63, 3.8) is 0 Å². The van der Waals surface area contributed by atoms with E-state index in [0.29, 0.717) is 5.95 Å². The van der Waals surface area contributed by atoms with E-state index >= 15 is 0 Å². The van der Waals surface area contributed by atoms with E-state index in [1.54, 1.807) is 16.3 Å². The molecule has 2 aromatic heterocycles. The number of hydrogen-bond acceptors (Lipinski definition) is 5. The lowest BCUT2D eigenvalue weighted by Gasteiger charge is -2.03. The van der Waals surface area contributed by atoms with Crippen molar-refractivity contribution in [1.82, 2.24) is 24.3 Å². The molecule has 0 fully saturated rings. The summed E-state index contributed by atoms with van der Waals surface area (Å²) >= 11 is 1.58. The van der Waals surface area contributed by atoms with Gasteiger partial charge < -0.3 is 10.3 Å². The Bertz CT molecular complexity index is 474. The minimum absolute atomic E-state index is 0.432. The summed E-state index contributed by atoms with van der Waals surface area (Å²) in [6.07, 6.45) is 3.78. The average molecular weight is 238 g/mol. The third kappa shape index (κ3) is 2.04. The van der Waals surface area contributed by atoms with Crippen molar-refractivity contribution in [2.75, 3.05) is 5.73 Å². The van der Waals surface area contributed by atoms with Gasteiger partial charge in [-0.3, -0.25) is 4.57 Å². The Morgan fingerprint density at radius 2 is 2.25 bits per heavy atom. The second-order valence-corrected chi connectivity index (χ2v) is 4.26. The Kier molecular flexibility index (Phi) is 3.14. The largest absolute Gasteiger partial charge is 0.368 e. The second-order valence-electron chi connectivity index (χ2n) is 3.32. The van der Waals surface area contributed by atoms with Crippen LogP contribution < -0.4 is 5.73 Å². The number of nitrogen functional groups attached to an aromatic ring is 1. The molecule has 0 atom stereocenters. The molecule has 16 heavy (non-hydrogen) atoms. The van der Waals surface area contributed by atoms with E-state index in [1.165, 1.54) is 0 Å². The van der Waals surface area contributed by atoms with E-state index in [-0.39, 0.29) is 0 Å². The molecule has 2 N–H and O–H groups in total. The lowest BCUT2D eigenvalue weighted by molar-refractivity contribution is 0.723. The van der Waals surface area contributed by atoms with Gasteiger partial charge in [0.2, 0.25) is 5.95 Å². The van der Waals surface area contributed by atoms with E-state index in [1.807, 2.05) is 19.4 Å². The molecule has 86 valence electrons. The van der Waals surface area contributed by atoms with Gasteiger partial charge in [0.1, 0.15) is 5.82 Å². The summed E-state index contributed by atoms with van der Waals surface area (Å²) in [5.74, 6) is 2.24. The van der Waals surface area contributed by atoms with Gasteiger partial charge in [0.05, 0.1) is 5.75 Å². The van der Waals surface area contributed by atoms with Crippen LogP contribution >= 0.6 is 11.8 Å². The van der Waals surface area contributed by atoms with Gasteiger partial charge in [0, 0.05) is 26.0 Å². The minimum atomic E-state index is 0.432. The van der Waals surface area contributed by atoms with Crippen LogP contribution in [-0.4, -0.2) is 24.3 Å². The zero-order valence-corrected chi connectivity index (χ0v) is 10.1. The van der Waals surface area contributed by atoms with Crippen molar-refractivity contribution in [3.8, 4) is 0 Å². The predicted octanol–water partition coefficient (Wildman–Crippen LogP) is 0.906. The van der Waals surface area contributed by atoms with Crippen LogP contribution in [0.5, 0.6) is 0 Å². The lowest BCUT2D eigenvalue weighted by Crippen LogP contribution is -2.01. The fourth-order valence-corrected chi connectivity index (χ4v) is 2.23. The van der Waals surface area contributed by atoms with Crippen LogP contribution in [0, 0.1) is 0 Å². The molecule has 0 aliphatic carbocycles. The third-order valence-corrected chi connectivity index (χ3v) is 3.36. The van der Waals surface area contributed by atoms with Gasteiger partial charge in [-0.05, 0) is 6.92 Å². The Labute approximate surface area is 97.9 Å². The second kappa shape index (κ2) is 4.56. The summed E-state index contributed by atoms with van der Waals surface area (Å²) in [4.78, 5) is 4.29. The number of hydrogen-bond donors (Lipinski definition) is 1. The highest BCUT2D eigenvalue weighted by Crippen LogP contribution is 2.20. The van der Waals surface area contributed by atoms with Crippen molar-refractivity contribution < 1.29 is 0 Å². The van der Waals surface area contributed by atoms with E-state index in [2.05, 4.69) is 26.7 Å². The van der Waals surface area contributed by atoms with Gasteiger partial charge in [-0.2, -0.15) is 0 Å². The maximum absolute atomic E-state index is 5.60. The quantitative estimate of drug-likeness (QED) is 0.801. The van der Waals surface area contributed by atoms with E-state index < -0.39 is 0 Å². The molecule has 0 bridgehead atoms. The SMILES string of the molecule is CCn1ccnc1CSc1nnc(N)n1C. The first-order valence-electron chi connectivity index (χ1n) is 5.00. The van der Waals surface area contributed by atoms with Crippen molar-refractivity contribution >= 4 is 17.7 Å². The number of anilines is 1. The smallest absolute Gasteiger partial charge is 0.222 e. The van der Waals surface area contributed by atoms with Crippen molar-refractivity contribution in [2.45, 2.75) is 24.4 Å². The Morgan fingerprint density at radius 1 is 1.44 bits per heavy atom. The molecular weight excluding hydrogens is 224 g/mol. The van der Waals surface area contributed by atoms with Crippen LogP contribution in [0.1, 0.15) is 12.7 Å². The molecule has 0 saturated heterocycles. The summed E-state index contributed by atoms with van der Waals surface area (Å²) < 4.78 is 3.87. The first kappa shape index (κ1) is 11.0. The fourth-order valence-electron chi connectivity index (χ4n) is 1.35. The van der Waals surface area contributed by atoms with Crippen LogP contribution in [0.15, 0.2) is 17.6 Å². The number of aryl methyl sites for hydroxylation is 1. The third-order valence-electron chi connectivity index (χ3n) is 2.34. The van der Waals surface area contributed by atoms with Crippen molar-refractivity contribution in [3.05, 3.63) is 18.2 Å².